The molecule has 0 bridgehead atoms. The third kappa shape index (κ3) is 5.33. The van der Waals surface area contributed by atoms with Crippen LogP contribution in [0.1, 0.15) is 19.3 Å². The molecule has 0 aromatic heterocycles. The van der Waals surface area contributed by atoms with Crippen molar-refractivity contribution in [1.29, 1.82) is 0 Å². The highest BCUT2D eigenvalue weighted by molar-refractivity contribution is 5.91. The van der Waals surface area contributed by atoms with E-state index in [9.17, 15) is 9.59 Å². The quantitative estimate of drug-likeness (QED) is 0.536. The molecule has 0 radical (unpaired) electrons. The van der Waals surface area contributed by atoms with Gasteiger partial charge in [-0.3, -0.25) is 9.59 Å². The van der Waals surface area contributed by atoms with Gasteiger partial charge < -0.3 is 18.9 Å². The first-order valence-corrected chi connectivity index (χ1v) is 6.91. The number of esters is 2. The van der Waals surface area contributed by atoms with Crippen molar-refractivity contribution in [3.05, 3.63) is 24.3 Å². The van der Waals surface area contributed by atoms with Crippen LogP contribution in [-0.4, -0.2) is 38.4 Å². The van der Waals surface area contributed by atoms with E-state index in [1.54, 1.807) is 0 Å². The number of hydrogen-bond acceptors (Lipinski definition) is 6. The highest BCUT2D eigenvalue weighted by Crippen LogP contribution is 2.26. The number of cyclic esters (lactones) is 2. The fraction of sp³-hybridized carbons (Fsp3) is 0.467. The van der Waals surface area contributed by atoms with E-state index in [4.69, 9.17) is 18.9 Å². The number of benzene rings is 1. The second-order valence-electron chi connectivity index (χ2n) is 4.47. The SMILES string of the molecule is O=C1CC(=O)OCCCOc2ccccc2OCCCO1. The van der Waals surface area contributed by atoms with Crippen LogP contribution in [0.25, 0.3) is 0 Å². The van der Waals surface area contributed by atoms with Gasteiger partial charge in [0.1, 0.15) is 6.42 Å². The van der Waals surface area contributed by atoms with Crippen molar-refractivity contribution in [2.45, 2.75) is 19.3 Å². The Morgan fingerprint density at radius 3 is 1.57 bits per heavy atom. The first kappa shape index (κ1) is 15.2. The minimum Gasteiger partial charge on any atom is -0.490 e. The minimum atomic E-state index is -0.577. The molecule has 1 aliphatic rings. The summed E-state index contributed by atoms with van der Waals surface area (Å²) in [5.74, 6) is 0.143. The smallest absolute Gasteiger partial charge is 0.317 e. The summed E-state index contributed by atoms with van der Waals surface area (Å²) >= 11 is 0. The van der Waals surface area contributed by atoms with Crippen LogP contribution in [0.15, 0.2) is 24.3 Å². The van der Waals surface area contributed by atoms with Gasteiger partial charge in [0.25, 0.3) is 0 Å². The molecule has 114 valence electrons. The molecular weight excluding hydrogens is 276 g/mol. The molecule has 0 aliphatic carbocycles. The van der Waals surface area contributed by atoms with Crippen molar-refractivity contribution in [3.63, 3.8) is 0 Å². The number of carbonyl (C=O) groups is 2. The van der Waals surface area contributed by atoms with Crippen molar-refractivity contribution in [1.82, 2.24) is 0 Å². The summed E-state index contributed by atoms with van der Waals surface area (Å²) in [6, 6.07) is 7.36. The van der Waals surface area contributed by atoms with Crippen LogP contribution < -0.4 is 9.47 Å². The Morgan fingerprint density at radius 2 is 1.10 bits per heavy atom. The van der Waals surface area contributed by atoms with Crippen molar-refractivity contribution >= 4 is 11.9 Å². The lowest BCUT2D eigenvalue weighted by Gasteiger charge is -2.12. The van der Waals surface area contributed by atoms with E-state index in [0.29, 0.717) is 37.6 Å². The zero-order valence-corrected chi connectivity index (χ0v) is 11.7. The summed E-state index contributed by atoms with van der Waals surface area (Å²) in [5.41, 5.74) is 0. The molecule has 0 amide bonds. The van der Waals surface area contributed by atoms with Gasteiger partial charge in [0.15, 0.2) is 11.5 Å². The average Bonchev–Trinajstić information content (AvgIpc) is 2.47. The molecule has 0 saturated heterocycles. The third-order valence-electron chi connectivity index (χ3n) is 2.76. The number of hydrogen-bond donors (Lipinski definition) is 0. The van der Waals surface area contributed by atoms with Gasteiger partial charge in [0.05, 0.1) is 26.4 Å². The Kier molecular flexibility index (Phi) is 5.87. The maximum atomic E-state index is 11.3. The second kappa shape index (κ2) is 8.14. The molecular formula is C15H18O6. The monoisotopic (exact) mass is 294 g/mol. The summed E-state index contributed by atoms with van der Waals surface area (Å²) in [7, 11) is 0. The predicted molar refractivity (Wildman–Crippen MR) is 73.2 cm³/mol. The average molecular weight is 294 g/mol. The maximum Gasteiger partial charge on any atom is 0.317 e. The number of rotatable bonds is 0. The number of ether oxygens (including phenoxy) is 4. The Balaban J connectivity index is 1.95. The molecule has 2 rings (SSSR count). The normalized spacial score (nSPS) is 17.9. The summed E-state index contributed by atoms with van der Waals surface area (Å²) < 4.78 is 21.1. The molecule has 0 fully saturated rings. The van der Waals surface area contributed by atoms with E-state index in [-0.39, 0.29) is 19.6 Å². The van der Waals surface area contributed by atoms with E-state index in [1.165, 1.54) is 0 Å². The lowest BCUT2D eigenvalue weighted by molar-refractivity contribution is -0.154. The van der Waals surface area contributed by atoms with Gasteiger partial charge in [0, 0.05) is 12.8 Å². The zero-order chi connectivity index (χ0) is 14.9. The lowest BCUT2D eigenvalue weighted by Crippen LogP contribution is -2.16. The van der Waals surface area contributed by atoms with Crippen LogP contribution in [0.3, 0.4) is 0 Å². The topological polar surface area (TPSA) is 71.1 Å². The van der Waals surface area contributed by atoms with E-state index in [2.05, 4.69) is 0 Å². The van der Waals surface area contributed by atoms with Crippen molar-refractivity contribution in [2.75, 3.05) is 26.4 Å². The summed E-state index contributed by atoms with van der Waals surface area (Å²) in [6.07, 6.45) is 0.714. The van der Waals surface area contributed by atoms with Gasteiger partial charge in [0.2, 0.25) is 0 Å². The molecule has 0 atom stereocenters. The Morgan fingerprint density at radius 1 is 0.667 bits per heavy atom. The van der Waals surface area contributed by atoms with Gasteiger partial charge in [-0.1, -0.05) is 12.1 Å². The highest BCUT2D eigenvalue weighted by atomic mass is 16.6. The summed E-state index contributed by atoms with van der Waals surface area (Å²) in [5, 5.41) is 0. The van der Waals surface area contributed by atoms with Gasteiger partial charge in [-0.05, 0) is 12.1 Å². The van der Waals surface area contributed by atoms with Crippen molar-refractivity contribution < 1.29 is 28.5 Å². The van der Waals surface area contributed by atoms with E-state index < -0.39 is 11.9 Å². The Hall–Kier alpha value is -2.24. The van der Waals surface area contributed by atoms with Gasteiger partial charge in [-0.15, -0.1) is 0 Å². The van der Waals surface area contributed by atoms with E-state index in [1.807, 2.05) is 24.3 Å². The molecule has 0 N–H and O–H groups in total. The molecule has 21 heavy (non-hydrogen) atoms. The molecule has 0 unspecified atom stereocenters. The molecule has 0 saturated carbocycles. The molecule has 0 spiro atoms. The zero-order valence-electron chi connectivity index (χ0n) is 11.7. The first-order valence-electron chi connectivity index (χ1n) is 6.91. The van der Waals surface area contributed by atoms with Crippen molar-refractivity contribution in [3.8, 4) is 11.5 Å². The van der Waals surface area contributed by atoms with Crippen LogP contribution in [0.2, 0.25) is 0 Å². The largest absolute Gasteiger partial charge is 0.490 e. The van der Waals surface area contributed by atoms with E-state index in [0.717, 1.165) is 0 Å². The van der Waals surface area contributed by atoms with E-state index >= 15 is 0 Å². The van der Waals surface area contributed by atoms with Crippen molar-refractivity contribution in [2.24, 2.45) is 0 Å². The summed E-state index contributed by atoms with van der Waals surface area (Å²) in [4.78, 5) is 22.7. The minimum absolute atomic E-state index is 0.204. The fourth-order valence-corrected chi connectivity index (χ4v) is 1.76. The van der Waals surface area contributed by atoms with Gasteiger partial charge >= 0.3 is 11.9 Å². The van der Waals surface area contributed by atoms with Gasteiger partial charge in [-0.2, -0.15) is 0 Å². The molecule has 1 aromatic carbocycles. The third-order valence-corrected chi connectivity index (χ3v) is 2.76. The van der Waals surface area contributed by atoms with Crippen LogP contribution in [0, 0.1) is 0 Å². The number of carbonyl (C=O) groups excluding carboxylic acids is 2. The molecule has 1 aromatic rings. The molecule has 1 heterocycles. The van der Waals surface area contributed by atoms with Gasteiger partial charge in [-0.25, -0.2) is 0 Å². The second-order valence-corrected chi connectivity index (χ2v) is 4.47. The standard InChI is InChI=1S/C15H18O6/c16-14-11-15(17)21-10-4-8-19-13-6-2-1-5-12(13)18-7-3-9-20-14/h1-2,5-6H,3-4,7-11H2. The maximum absolute atomic E-state index is 11.3. The molecule has 6 heteroatoms. The Bertz CT molecular complexity index is 442. The molecule has 6 nitrogen and oxygen atoms in total. The van der Waals surface area contributed by atoms with Crippen LogP contribution in [0.5, 0.6) is 11.5 Å². The van der Waals surface area contributed by atoms with Crippen LogP contribution in [-0.2, 0) is 19.1 Å². The highest BCUT2D eigenvalue weighted by Gasteiger charge is 2.12. The Labute approximate surface area is 122 Å². The first-order chi connectivity index (χ1) is 10.3. The number of para-hydroxylation sites is 2. The predicted octanol–water partition coefficient (Wildman–Crippen LogP) is 1.71. The van der Waals surface area contributed by atoms with Crippen LogP contribution >= 0.6 is 0 Å². The lowest BCUT2D eigenvalue weighted by atomic mass is 10.3. The number of fused-ring (bicyclic) bond motifs is 1. The molecule has 1 aliphatic heterocycles. The fourth-order valence-electron chi connectivity index (χ4n) is 1.76. The summed E-state index contributed by atoms with van der Waals surface area (Å²) in [6.45, 7) is 1.21. The van der Waals surface area contributed by atoms with Crippen LogP contribution in [0.4, 0.5) is 0 Å².